The van der Waals surface area contributed by atoms with Crippen LogP contribution in [-0.4, -0.2) is 12.6 Å². The van der Waals surface area contributed by atoms with Gasteiger partial charge in [0.15, 0.2) is 17.3 Å². The van der Waals surface area contributed by atoms with Crippen molar-refractivity contribution in [2.75, 3.05) is 11.7 Å². The van der Waals surface area contributed by atoms with Gasteiger partial charge in [0, 0.05) is 28.4 Å². The summed E-state index contributed by atoms with van der Waals surface area (Å²) in [5.41, 5.74) is 9.92. The van der Waals surface area contributed by atoms with Crippen LogP contribution < -0.4 is 20.1 Å². The number of ketones is 1. The number of rotatable bonds is 2. The van der Waals surface area contributed by atoms with E-state index >= 15 is 0 Å². The molecule has 0 amide bonds. The van der Waals surface area contributed by atoms with Crippen molar-refractivity contribution in [1.82, 2.24) is 0 Å². The van der Waals surface area contributed by atoms with Crippen molar-refractivity contribution in [3.05, 3.63) is 75.7 Å². The van der Waals surface area contributed by atoms with Crippen LogP contribution in [0.1, 0.15) is 30.7 Å². The van der Waals surface area contributed by atoms with Crippen LogP contribution >= 0.6 is 11.6 Å². The van der Waals surface area contributed by atoms with E-state index in [1.807, 2.05) is 35.2 Å². The van der Waals surface area contributed by atoms with Gasteiger partial charge in [0.2, 0.25) is 6.79 Å². The summed E-state index contributed by atoms with van der Waals surface area (Å²) >= 11 is 6.05. The van der Waals surface area contributed by atoms with Crippen molar-refractivity contribution in [3.63, 3.8) is 0 Å². The van der Waals surface area contributed by atoms with Gasteiger partial charge < -0.3 is 15.2 Å². The van der Waals surface area contributed by atoms with Crippen LogP contribution in [0, 0.1) is 11.3 Å². The first kappa shape index (κ1) is 18.6. The van der Waals surface area contributed by atoms with Gasteiger partial charge in [0.05, 0.1) is 17.6 Å². The molecule has 2 heterocycles. The van der Waals surface area contributed by atoms with Gasteiger partial charge in [-0.05, 0) is 54.8 Å². The number of nitrogens with two attached hydrogens (primary N) is 1. The molecule has 6 nitrogen and oxygen atoms in total. The van der Waals surface area contributed by atoms with Gasteiger partial charge in [0.25, 0.3) is 0 Å². The van der Waals surface area contributed by atoms with E-state index in [1.54, 1.807) is 12.1 Å². The number of benzene rings is 2. The zero-order valence-electron chi connectivity index (χ0n) is 16.0. The monoisotopic (exact) mass is 419 g/mol. The lowest BCUT2D eigenvalue weighted by atomic mass is 9.75. The molecule has 2 aromatic rings. The standard InChI is InChI=1S/C23H18ClN3O3/c24-14-5-7-15(8-6-14)27-17-2-1-3-18(28)22(17)21(16(11-25)23(27)26)13-4-9-19-20(10-13)30-12-29-19/h4-10,21H,1-3,12,26H2. The number of ether oxygens (including phenoxy) is 2. The van der Waals surface area contributed by atoms with Crippen LogP contribution in [0.3, 0.4) is 0 Å². The van der Waals surface area contributed by atoms with Gasteiger partial charge in [0.1, 0.15) is 5.82 Å². The van der Waals surface area contributed by atoms with Gasteiger partial charge in [-0.3, -0.25) is 9.69 Å². The Balaban J connectivity index is 1.72. The molecule has 7 heteroatoms. The average Bonchev–Trinajstić information content (AvgIpc) is 3.22. The molecule has 3 aliphatic rings. The molecule has 1 atom stereocenters. The van der Waals surface area contributed by atoms with E-state index in [1.165, 1.54) is 0 Å². The summed E-state index contributed by atoms with van der Waals surface area (Å²) < 4.78 is 10.9. The van der Waals surface area contributed by atoms with Crippen LogP contribution in [0.4, 0.5) is 5.69 Å². The lowest BCUT2D eigenvalue weighted by Crippen LogP contribution is -2.38. The Bertz CT molecular complexity index is 1160. The van der Waals surface area contributed by atoms with Gasteiger partial charge >= 0.3 is 0 Å². The molecule has 2 N–H and O–H groups in total. The third-order valence-electron chi connectivity index (χ3n) is 5.73. The molecule has 0 aromatic heterocycles. The molecule has 0 saturated carbocycles. The zero-order valence-corrected chi connectivity index (χ0v) is 16.8. The predicted octanol–water partition coefficient (Wildman–Crippen LogP) is 4.37. The van der Waals surface area contributed by atoms with E-state index in [-0.39, 0.29) is 12.6 Å². The predicted molar refractivity (Wildman–Crippen MR) is 112 cm³/mol. The highest BCUT2D eigenvalue weighted by Crippen LogP contribution is 2.47. The third kappa shape index (κ3) is 2.82. The average molecular weight is 420 g/mol. The maximum atomic E-state index is 13.1. The van der Waals surface area contributed by atoms with Crippen LogP contribution in [-0.2, 0) is 4.79 Å². The van der Waals surface area contributed by atoms with Crippen LogP contribution in [0.25, 0.3) is 0 Å². The third-order valence-corrected chi connectivity index (χ3v) is 5.98. The van der Waals surface area contributed by atoms with Crippen molar-refractivity contribution >= 4 is 23.1 Å². The molecule has 0 saturated heterocycles. The number of Topliss-reactive ketones (excluding diaryl/α,β-unsaturated/α-hetero) is 1. The Morgan fingerprint density at radius 2 is 1.87 bits per heavy atom. The second kappa shape index (κ2) is 7.12. The van der Waals surface area contributed by atoms with Crippen LogP contribution in [0.5, 0.6) is 11.5 Å². The summed E-state index contributed by atoms with van der Waals surface area (Å²) in [6, 6.07) is 15.0. The molecule has 5 rings (SSSR count). The van der Waals surface area contributed by atoms with E-state index in [4.69, 9.17) is 26.8 Å². The largest absolute Gasteiger partial charge is 0.454 e. The smallest absolute Gasteiger partial charge is 0.231 e. The van der Waals surface area contributed by atoms with E-state index < -0.39 is 5.92 Å². The molecule has 30 heavy (non-hydrogen) atoms. The lowest BCUT2D eigenvalue weighted by molar-refractivity contribution is -0.116. The summed E-state index contributed by atoms with van der Waals surface area (Å²) in [7, 11) is 0. The minimum Gasteiger partial charge on any atom is -0.454 e. The number of carbonyl (C=O) groups excluding carboxylic acids is 1. The Hall–Kier alpha value is -3.43. The van der Waals surface area contributed by atoms with E-state index in [0.29, 0.717) is 46.3 Å². The first-order chi connectivity index (χ1) is 14.6. The second-order valence-electron chi connectivity index (χ2n) is 7.41. The minimum absolute atomic E-state index is 0.0399. The normalized spacial score (nSPS) is 20.3. The van der Waals surface area contributed by atoms with Crippen molar-refractivity contribution < 1.29 is 14.3 Å². The first-order valence-corrected chi connectivity index (χ1v) is 10.1. The molecule has 1 unspecified atom stereocenters. The fraction of sp³-hybridized carbons (Fsp3) is 0.217. The molecular formula is C23H18ClN3O3. The van der Waals surface area contributed by atoms with E-state index in [9.17, 15) is 10.1 Å². The Morgan fingerprint density at radius 3 is 2.63 bits per heavy atom. The number of anilines is 1. The quantitative estimate of drug-likeness (QED) is 0.777. The van der Waals surface area contributed by atoms with E-state index in [0.717, 1.165) is 23.4 Å². The number of hydrogen-bond acceptors (Lipinski definition) is 6. The number of halogens is 1. The summed E-state index contributed by atoms with van der Waals surface area (Å²) in [5, 5.41) is 10.6. The summed E-state index contributed by atoms with van der Waals surface area (Å²) in [6.45, 7) is 0.157. The summed E-state index contributed by atoms with van der Waals surface area (Å²) in [4.78, 5) is 14.9. The van der Waals surface area contributed by atoms with E-state index in [2.05, 4.69) is 6.07 Å². The Labute approximate surface area is 178 Å². The SMILES string of the molecule is N#CC1=C(N)N(c2ccc(Cl)cc2)C2=C(C(=O)CCC2)C1c1ccc2c(c1)OCO2. The molecular weight excluding hydrogens is 402 g/mol. The highest BCUT2D eigenvalue weighted by molar-refractivity contribution is 6.30. The number of allylic oxidation sites excluding steroid dienone is 3. The molecule has 0 bridgehead atoms. The van der Waals surface area contributed by atoms with Crippen LogP contribution in [0.15, 0.2) is 65.1 Å². The lowest BCUT2D eigenvalue weighted by Gasteiger charge is -2.39. The molecule has 0 radical (unpaired) electrons. The van der Waals surface area contributed by atoms with Crippen molar-refractivity contribution in [3.8, 4) is 17.6 Å². The molecule has 2 aliphatic heterocycles. The Kier molecular flexibility index (Phi) is 4.41. The maximum absolute atomic E-state index is 13.1. The van der Waals surface area contributed by atoms with Crippen LogP contribution in [0.2, 0.25) is 5.02 Å². The summed E-state index contributed by atoms with van der Waals surface area (Å²) in [5.74, 6) is 1.09. The fourth-order valence-corrected chi connectivity index (χ4v) is 4.52. The fourth-order valence-electron chi connectivity index (χ4n) is 4.40. The minimum atomic E-state index is -0.532. The topological polar surface area (TPSA) is 88.6 Å². The molecule has 1 aliphatic carbocycles. The second-order valence-corrected chi connectivity index (χ2v) is 7.84. The summed E-state index contributed by atoms with van der Waals surface area (Å²) in [6.07, 6.45) is 1.89. The molecule has 2 aromatic carbocycles. The number of hydrogen-bond donors (Lipinski definition) is 1. The van der Waals surface area contributed by atoms with Crippen molar-refractivity contribution in [2.45, 2.75) is 25.2 Å². The van der Waals surface area contributed by atoms with Crippen molar-refractivity contribution in [1.29, 1.82) is 5.26 Å². The van der Waals surface area contributed by atoms with Crippen molar-refractivity contribution in [2.24, 2.45) is 5.73 Å². The van der Waals surface area contributed by atoms with Gasteiger partial charge in [-0.25, -0.2) is 0 Å². The number of fused-ring (bicyclic) bond motifs is 1. The first-order valence-electron chi connectivity index (χ1n) is 9.69. The Morgan fingerprint density at radius 1 is 1.10 bits per heavy atom. The number of carbonyl (C=O) groups is 1. The molecule has 0 spiro atoms. The highest BCUT2D eigenvalue weighted by Gasteiger charge is 2.40. The zero-order chi connectivity index (χ0) is 20.8. The number of nitrogens with zero attached hydrogens (tertiary/aromatic N) is 2. The highest BCUT2D eigenvalue weighted by atomic mass is 35.5. The van der Waals surface area contributed by atoms with Gasteiger partial charge in [-0.2, -0.15) is 5.26 Å². The van der Waals surface area contributed by atoms with Gasteiger partial charge in [-0.1, -0.05) is 17.7 Å². The number of nitriles is 1. The van der Waals surface area contributed by atoms with Gasteiger partial charge in [-0.15, -0.1) is 0 Å². The maximum Gasteiger partial charge on any atom is 0.231 e. The molecule has 0 fully saturated rings. The molecule has 150 valence electrons.